The summed E-state index contributed by atoms with van der Waals surface area (Å²) in [5, 5.41) is 0. The van der Waals surface area contributed by atoms with Crippen LogP contribution in [0.2, 0.25) is 0 Å². The highest BCUT2D eigenvalue weighted by Crippen LogP contribution is 2.08. The number of carbonyl (C=O) groups is 1. The maximum absolute atomic E-state index is 10.1. The molecule has 3 nitrogen and oxygen atoms in total. The molecule has 1 unspecified atom stereocenters. The Balaban J connectivity index is 3.12. The Hall–Kier alpha value is -0.440. The van der Waals surface area contributed by atoms with E-state index in [1.165, 1.54) is 0 Å². The Labute approximate surface area is 86.2 Å². The van der Waals surface area contributed by atoms with Gasteiger partial charge in [0.1, 0.15) is 0 Å². The lowest BCUT2D eigenvalue weighted by Gasteiger charge is -2.02. The second-order valence-electron chi connectivity index (χ2n) is 2.30. The zero-order chi connectivity index (χ0) is 9.40. The summed E-state index contributed by atoms with van der Waals surface area (Å²) in [4.78, 5) is 10.1. The van der Waals surface area contributed by atoms with Crippen LogP contribution in [0, 0.1) is 12.3 Å². The molecule has 0 aliphatic carbocycles. The number of carbonyl (C=O) groups excluding carboxylic acids is 1. The highest BCUT2D eigenvalue weighted by Gasteiger charge is 1.98. The first-order valence-electron chi connectivity index (χ1n) is 3.69. The number of primary amides is 1. The van der Waals surface area contributed by atoms with Crippen molar-refractivity contribution in [2.24, 2.45) is 5.73 Å². The maximum atomic E-state index is 10.1. The molecule has 12 heavy (non-hydrogen) atoms. The van der Waals surface area contributed by atoms with Gasteiger partial charge in [-0.2, -0.15) is 0 Å². The molecule has 1 amide bonds. The van der Waals surface area contributed by atoms with Crippen LogP contribution < -0.4 is 5.73 Å². The Bertz CT molecular complexity index is 176. The van der Waals surface area contributed by atoms with Crippen molar-refractivity contribution >= 4 is 28.7 Å². The van der Waals surface area contributed by atoms with E-state index in [1.54, 1.807) is 0 Å². The van der Waals surface area contributed by atoms with Crippen molar-refractivity contribution in [2.75, 3.05) is 6.61 Å². The van der Waals surface area contributed by atoms with Crippen LogP contribution >= 0.6 is 22.6 Å². The molecule has 0 bridgehead atoms. The van der Waals surface area contributed by atoms with Crippen LogP contribution in [-0.2, 0) is 4.74 Å². The van der Waals surface area contributed by atoms with E-state index in [-0.39, 0.29) is 3.92 Å². The first-order chi connectivity index (χ1) is 5.66. The largest absolute Gasteiger partial charge is 0.450 e. The van der Waals surface area contributed by atoms with Gasteiger partial charge in [0.15, 0.2) is 0 Å². The van der Waals surface area contributed by atoms with Gasteiger partial charge < -0.3 is 10.5 Å². The van der Waals surface area contributed by atoms with Crippen molar-refractivity contribution in [1.29, 1.82) is 0 Å². The van der Waals surface area contributed by atoms with Crippen LogP contribution in [0.4, 0.5) is 4.79 Å². The van der Waals surface area contributed by atoms with Crippen LogP contribution in [0.5, 0.6) is 0 Å². The molecule has 0 rings (SSSR count). The molecule has 0 spiro atoms. The molecule has 0 aliphatic heterocycles. The Morgan fingerprint density at radius 2 is 2.33 bits per heavy atom. The molecule has 0 aliphatic rings. The molecular weight excluding hydrogens is 269 g/mol. The minimum absolute atomic E-state index is 0.274. The minimum Gasteiger partial charge on any atom is -0.450 e. The smallest absolute Gasteiger partial charge is 0.404 e. The Morgan fingerprint density at radius 3 is 2.83 bits per heavy atom. The topological polar surface area (TPSA) is 52.3 Å². The number of alkyl halides is 1. The molecule has 2 N–H and O–H groups in total. The van der Waals surface area contributed by atoms with E-state index in [9.17, 15) is 4.79 Å². The fourth-order valence-corrected chi connectivity index (χ4v) is 1.12. The fourth-order valence-electron chi connectivity index (χ4n) is 0.682. The van der Waals surface area contributed by atoms with Gasteiger partial charge in [0.2, 0.25) is 0 Å². The van der Waals surface area contributed by atoms with Gasteiger partial charge in [-0.05, 0) is 19.3 Å². The lowest BCUT2D eigenvalue weighted by atomic mass is 10.2. The van der Waals surface area contributed by atoms with E-state index in [0.717, 1.165) is 19.3 Å². The van der Waals surface area contributed by atoms with Gasteiger partial charge in [0.05, 0.1) is 10.5 Å². The van der Waals surface area contributed by atoms with Crippen molar-refractivity contribution in [2.45, 2.75) is 23.2 Å². The molecule has 0 aromatic carbocycles. The molecule has 0 aromatic heterocycles. The summed E-state index contributed by atoms with van der Waals surface area (Å²) in [7, 11) is 0. The molecule has 68 valence electrons. The van der Waals surface area contributed by atoms with Gasteiger partial charge in [-0.15, -0.1) is 6.42 Å². The quantitative estimate of drug-likeness (QED) is 0.361. The lowest BCUT2D eigenvalue weighted by molar-refractivity contribution is 0.154. The summed E-state index contributed by atoms with van der Waals surface area (Å²) in [5.74, 6) is 2.62. The number of hydrogen-bond donors (Lipinski definition) is 1. The average Bonchev–Trinajstić information content (AvgIpc) is 2.03. The maximum Gasteiger partial charge on any atom is 0.404 e. The molecule has 0 fully saturated rings. The summed E-state index contributed by atoms with van der Waals surface area (Å²) in [6.45, 7) is 0.392. The molecule has 0 heterocycles. The van der Waals surface area contributed by atoms with E-state index in [0.29, 0.717) is 6.61 Å². The van der Waals surface area contributed by atoms with Crippen molar-refractivity contribution in [3.63, 3.8) is 0 Å². The van der Waals surface area contributed by atoms with Crippen molar-refractivity contribution < 1.29 is 9.53 Å². The molecule has 0 saturated carbocycles. The first kappa shape index (κ1) is 11.6. The summed E-state index contributed by atoms with van der Waals surface area (Å²) >= 11 is 2.20. The van der Waals surface area contributed by atoms with Gasteiger partial charge in [0.25, 0.3) is 0 Å². The van der Waals surface area contributed by atoms with Crippen molar-refractivity contribution in [1.82, 2.24) is 0 Å². The number of halogens is 1. The zero-order valence-electron chi connectivity index (χ0n) is 6.75. The van der Waals surface area contributed by atoms with Crippen LogP contribution in [0.25, 0.3) is 0 Å². The molecule has 4 heteroatoms. The lowest BCUT2D eigenvalue weighted by Crippen LogP contribution is -2.13. The third-order valence-electron chi connectivity index (χ3n) is 1.28. The number of amides is 1. The van der Waals surface area contributed by atoms with Gasteiger partial charge in [-0.25, -0.2) is 4.79 Å². The van der Waals surface area contributed by atoms with Gasteiger partial charge in [-0.1, -0.05) is 28.5 Å². The number of ether oxygens (including phenoxy) is 1. The second-order valence-corrected chi connectivity index (χ2v) is 3.80. The van der Waals surface area contributed by atoms with Crippen molar-refractivity contribution in [3.8, 4) is 12.3 Å². The van der Waals surface area contributed by atoms with E-state index < -0.39 is 6.09 Å². The average molecular weight is 281 g/mol. The second kappa shape index (κ2) is 7.22. The molecule has 1 atom stereocenters. The predicted molar refractivity (Wildman–Crippen MR) is 56.0 cm³/mol. The van der Waals surface area contributed by atoms with Gasteiger partial charge in [0, 0.05) is 0 Å². The van der Waals surface area contributed by atoms with E-state index >= 15 is 0 Å². The normalized spacial score (nSPS) is 11.7. The highest BCUT2D eigenvalue weighted by atomic mass is 127. The van der Waals surface area contributed by atoms with Crippen molar-refractivity contribution in [3.05, 3.63) is 0 Å². The van der Waals surface area contributed by atoms with Crippen LogP contribution in [0.15, 0.2) is 0 Å². The summed E-state index contributed by atoms with van der Waals surface area (Å²) in [6.07, 6.45) is 7.21. The highest BCUT2D eigenvalue weighted by molar-refractivity contribution is 14.1. The predicted octanol–water partition coefficient (Wildman–Crippen LogP) is 1.69. The summed E-state index contributed by atoms with van der Waals surface area (Å²) in [5.41, 5.74) is 4.77. The van der Waals surface area contributed by atoms with E-state index in [4.69, 9.17) is 12.2 Å². The SMILES string of the molecule is C#CC(I)CCCCOC(N)=O. The number of rotatable bonds is 5. The number of unbranched alkanes of at least 4 members (excludes halogenated alkanes) is 1. The monoisotopic (exact) mass is 281 g/mol. The standard InChI is InChI=1S/C8H12INO2/c1-2-7(9)5-3-4-6-12-8(10)11/h1,7H,3-6H2,(H2,10,11). The van der Waals surface area contributed by atoms with E-state index in [2.05, 4.69) is 33.2 Å². The third-order valence-corrected chi connectivity index (χ3v) is 2.26. The molecule has 0 aromatic rings. The van der Waals surface area contributed by atoms with Gasteiger partial charge >= 0.3 is 6.09 Å². The third kappa shape index (κ3) is 7.66. The summed E-state index contributed by atoms with van der Waals surface area (Å²) < 4.78 is 4.82. The number of nitrogens with two attached hydrogens (primary N) is 1. The first-order valence-corrected chi connectivity index (χ1v) is 4.94. The van der Waals surface area contributed by atoms with Crippen LogP contribution in [-0.4, -0.2) is 16.6 Å². The van der Waals surface area contributed by atoms with Crippen LogP contribution in [0.1, 0.15) is 19.3 Å². The number of hydrogen-bond acceptors (Lipinski definition) is 2. The molecular formula is C8H12INO2. The Kier molecular flexibility index (Phi) is 6.96. The molecule has 0 saturated heterocycles. The summed E-state index contributed by atoms with van der Waals surface area (Å²) in [6, 6.07) is 0. The van der Waals surface area contributed by atoms with Gasteiger partial charge in [-0.3, -0.25) is 0 Å². The molecule has 0 radical (unpaired) electrons. The Morgan fingerprint density at radius 1 is 1.67 bits per heavy atom. The van der Waals surface area contributed by atoms with E-state index in [1.807, 2.05) is 0 Å². The zero-order valence-corrected chi connectivity index (χ0v) is 8.91. The van der Waals surface area contributed by atoms with Crippen LogP contribution in [0.3, 0.4) is 0 Å². The fraction of sp³-hybridized carbons (Fsp3) is 0.625. The number of terminal acetylenes is 1. The minimum atomic E-state index is -0.710.